The molecule has 0 saturated carbocycles. The molecule has 2 atom stereocenters. The molecular weight excluding hydrogens is 498 g/mol. The quantitative estimate of drug-likeness (QED) is 0.188. The van der Waals surface area contributed by atoms with E-state index in [0.717, 1.165) is 36.2 Å². The van der Waals surface area contributed by atoms with Gasteiger partial charge in [0.25, 0.3) is 12.1 Å². The monoisotopic (exact) mass is 538 g/mol. The average molecular weight is 539 g/mol. The summed E-state index contributed by atoms with van der Waals surface area (Å²) in [5, 5.41) is 0. The van der Waals surface area contributed by atoms with Crippen LogP contribution in [0.3, 0.4) is 0 Å². The van der Waals surface area contributed by atoms with Gasteiger partial charge in [0.05, 0.1) is 61.9 Å². The van der Waals surface area contributed by atoms with Crippen molar-refractivity contribution in [3.63, 3.8) is 0 Å². The van der Waals surface area contributed by atoms with E-state index in [1.54, 1.807) is 0 Å². The van der Waals surface area contributed by atoms with Crippen molar-refractivity contribution in [2.45, 2.75) is 66.0 Å². The fourth-order valence-corrected chi connectivity index (χ4v) is 4.59. The summed E-state index contributed by atoms with van der Waals surface area (Å²) in [6.07, 6.45) is 7.32. The summed E-state index contributed by atoms with van der Waals surface area (Å²) < 4.78 is 25.5. The summed E-state index contributed by atoms with van der Waals surface area (Å²) >= 11 is 5.69. The van der Waals surface area contributed by atoms with Crippen LogP contribution in [0.2, 0.25) is 0 Å². The van der Waals surface area contributed by atoms with Crippen LogP contribution in [0.25, 0.3) is 5.57 Å². The number of likely N-dealkylation sites (N-methyl/N-ethyl adjacent to an activating group) is 1. The van der Waals surface area contributed by atoms with Gasteiger partial charge < -0.3 is 9.47 Å². The van der Waals surface area contributed by atoms with Crippen molar-refractivity contribution < 1.29 is 23.0 Å². The molecule has 1 aliphatic rings. The van der Waals surface area contributed by atoms with Gasteiger partial charge in [0.15, 0.2) is 0 Å². The Morgan fingerprint density at radius 2 is 1.86 bits per heavy atom. The first-order valence-corrected chi connectivity index (χ1v) is 13.6. The summed E-state index contributed by atoms with van der Waals surface area (Å²) in [6, 6.07) is 10.1. The molecule has 0 amide bonds. The van der Waals surface area contributed by atoms with Crippen molar-refractivity contribution in [1.82, 2.24) is 8.75 Å². The summed E-state index contributed by atoms with van der Waals surface area (Å²) in [7, 11) is 3.55. The van der Waals surface area contributed by atoms with Crippen LogP contribution < -0.4 is 4.74 Å². The number of aromatic nitrogens is 2. The maximum Gasteiger partial charge on any atom is 0.315 e. The molecule has 2 heterocycles. The van der Waals surface area contributed by atoms with Gasteiger partial charge in [-0.1, -0.05) is 50.5 Å². The minimum atomic E-state index is -0.571. The van der Waals surface area contributed by atoms with Crippen LogP contribution in [0, 0.1) is 5.41 Å². The van der Waals surface area contributed by atoms with E-state index in [-0.39, 0.29) is 5.97 Å². The maximum atomic E-state index is 12.9. The zero-order valence-corrected chi connectivity index (χ0v) is 24.0. The van der Waals surface area contributed by atoms with Crippen molar-refractivity contribution >= 4 is 35.1 Å². The van der Waals surface area contributed by atoms with E-state index in [2.05, 4.69) is 44.9 Å². The van der Waals surface area contributed by atoms with Crippen molar-refractivity contribution in [3.8, 4) is 5.88 Å². The predicted octanol–water partition coefficient (Wildman–Crippen LogP) is 6.81. The van der Waals surface area contributed by atoms with Crippen LogP contribution in [0.5, 0.6) is 5.88 Å². The topological polar surface area (TPSA) is 70.5 Å². The summed E-state index contributed by atoms with van der Waals surface area (Å²) in [5.74, 6) is 0.428. The summed E-state index contributed by atoms with van der Waals surface area (Å²) in [5.41, 5.74) is 2.36. The molecule has 0 aliphatic carbocycles. The zero-order valence-electron chi connectivity index (χ0n) is 22.5. The summed E-state index contributed by atoms with van der Waals surface area (Å²) in [4.78, 5) is 12.9. The molecule has 0 bridgehead atoms. The molecule has 3 rings (SSSR count). The standard InChI is InChI=1S/C26H38N3O3S.CH3ClO/c1-6-7-8-12-18-31-23-22(27-33-28-23)21-16-13-17-29(5,19-21)24(20-14-10-9-11-15-20)32-25(30)26(2,3)4;1-3-2/h9-11,14-16,24H,6-8,12-13,17-19H2,1-5H3;1H3/q+1;. The van der Waals surface area contributed by atoms with Crippen LogP contribution in [0.1, 0.15) is 77.3 Å². The molecule has 0 fully saturated rings. The van der Waals surface area contributed by atoms with Gasteiger partial charge in [0, 0.05) is 12.0 Å². The third-order valence-electron chi connectivity index (χ3n) is 6.04. The highest BCUT2D eigenvalue weighted by molar-refractivity contribution is 6.99. The van der Waals surface area contributed by atoms with Crippen molar-refractivity contribution in [2.24, 2.45) is 5.41 Å². The fraction of sp³-hybridized carbons (Fsp3) is 0.593. The van der Waals surface area contributed by atoms with E-state index in [4.69, 9.17) is 9.47 Å². The molecule has 0 spiro atoms. The number of hydrogen-bond acceptors (Lipinski definition) is 7. The number of quaternary nitrogens is 1. The fourth-order valence-electron chi connectivity index (χ4n) is 4.06. The molecule has 36 heavy (non-hydrogen) atoms. The lowest BCUT2D eigenvalue weighted by Gasteiger charge is -2.43. The number of hydrogen-bond donors (Lipinski definition) is 0. The molecule has 2 unspecified atom stereocenters. The minimum Gasteiger partial charge on any atom is -0.475 e. The number of esters is 1. The average Bonchev–Trinajstić information content (AvgIpc) is 3.31. The number of carbonyl (C=O) groups excluding carboxylic acids is 1. The Balaban J connectivity index is 0.00000145. The molecular formula is C27H41ClN3O4S+. The van der Waals surface area contributed by atoms with Crippen LogP contribution in [0.4, 0.5) is 0 Å². The maximum absolute atomic E-state index is 12.9. The van der Waals surface area contributed by atoms with Crippen LogP contribution in [0.15, 0.2) is 36.4 Å². The van der Waals surface area contributed by atoms with Crippen LogP contribution >= 0.6 is 23.6 Å². The van der Waals surface area contributed by atoms with Gasteiger partial charge >= 0.3 is 5.97 Å². The molecule has 1 aliphatic heterocycles. The van der Waals surface area contributed by atoms with Gasteiger partial charge in [-0.05, 0) is 39.3 Å². The third-order valence-corrected chi connectivity index (χ3v) is 6.56. The van der Waals surface area contributed by atoms with Gasteiger partial charge in [0.2, 0.25) is 0 Å². The van der Waals surface area contributed by atoms with Gasteiger partial charge in [-0.15, -0.1) is 4.37 Å². The molecule has 9 heteroatoms. The van der Waals surface area contributed by atoms with Crippen molar-refractivity contribution in [1.29, 1.82) is 0 Å². The third kappa shape index (κ3) is 8.83. The number of nitrogens with zero attached hydrogens (tertiary/aromatic N) is 3. The van der Waals surface area contributed by atoms with E-state index in [1.165, 1.54) is 38.1 Å². The SMILES string of the molecule is CCCCCCOc1nsnc1C1=CCC[N+](C)(C(OC(=O)C(C)(C)C)c2ccccc2)C1.COCl. The van der Waals surface area contributed by atoms with Gasteiger partial charge in [0.1, 0.15) is 12.2 Å². The number of halogens is 1. The lowest BCUT2D eigenvalue weighted by molar-refractivity contribution is -0.953. The van der Waals surface area contributed by atoms with Gasteiger partial charge in [-0.25, -0.2) is 0 Å². The largest absolute Gasteiger partial charge is 0.475 e. The highest BCUT2D eigenvalue weighted by Crippen LogP contribution is 2.38. The van der Waals surface area contributed by atoms with E-state index < -0.39 is 11.6 Å². The van der Waals surface area contributed by atoms with E-state index in [0.29, 0.717) is 23.5 Å². The summed E-state index contributed by atoms with van der Waals surface area (Å²) in [6.45, 7) is 10.1. The first-order valence-electron chi connectivity index (χ1n) is 12.6. The van der Waals surface area contributed by atoms with Gasteiger partial charge in [-0.3, -0.25) is 13.6 Å². The molecule has 0 N–H and O–H groups in total. The Bertz CT molecular complexity index is 961. The minimum absolute atomic E-state index is 0.196. The molecule has 2 aromatic rings. The second kappa shape index (κ2) is 14.7. The number of rotatable bonds is 10. The first-order chi connectivity index (χ1) is 17.2. The number of benzene rings is 1. The Hall–Kier alpha value is -2.00. The Morgan fingerprint density at radius 1 is 1.17 bits per heavy atom. The number of carbonyl (C=O) groups is 1. The first kappa shape index (κ1) is 30.2. The smallest absolute Gasteiger partial charge is 0.315 e. The van der Waals surface area contributed by atoms with Crippen molar-refractivity contribution in [3.05, 3.63) is 47.7 Å². The highest BCUT2D eigenvalue weighted by Gasteiger charge is 2.42. The van der Waals surface area contributed by atoms with Crippen LogP contribution in [-0.2, 0) is 13.8 Å². The molecule has 1 aromatic carbocycles. The normalized spacial score (nSPS) is 18.5. The second-order valence-electron chi connectivity index (χ2n) is 10.3. The molecule has 0 saturated heterocycles. The van der Waals surface area contributed by atoms with Gasteiger partial charge in [-0.2, -0.15) is 4.37 Å². The van der Waals surface area contributed by atoms with Crippen molar-refractivity contribution in [2.75, 3.05) is 33.9 Å². The van der Waals surface area contributed by atoms with E-state index in [1.807, 2.05) is 51.1 Å². The predicted molar refractivity (Wildman–Crippen MR) is 146 cm³/mol. The van der Waals surface area contributed by atoms with E-state index >= 15 is 0 Å². The number of unbranched alkanes of at least 4 members (excludes halogenated alkanes) is 3. The lowest BCUT2D eigenvalue weighted by Crippen LogP contribution is -2.52. The highest BCUT2D eigenvalue weighted by atomic mass is 35.5. The molecule has 7 nitrogen and oxygen atoms in total. The lowest BCUT2D eigenvalue weighted by atomic mass is 9.97. The molecule has 0 radical (unpaired) electrons. The van der Waals surface area contributed by atoms with Crippen LogP contribution in [-0.4, -0.2) is 53.1 Å². The Kier molecular flexibility index (Phi) is 12.3. The Morgan fingerprint density at radius 3 is 2.50 bits per heavy atom. The molecule has 1 aromatic heterocycles. The Labute approximate surface area is 225 Å². The molecule has 200 valence electrons. The second-order valence-corrected chi connectivity index (χ2v) is 11.1. The zero-order chi connectivity index (χ0) is 26.6. The number of ether oxygens (including phenoxy) is 2. The van der Waals surface area contributed by atoms with E-state index in [9.17, 15) is 4.79 Å².